The molecule has 0 N–H and O–H groups in total. The average Bonchev–Trinajstić information content (AvgIpc) is 2.15. The van der Waals surface area contributed by atoms with E-state index in [1.165, 1.54) is 12.8 Å². The summed E-state index contributed by atoms with van der Waals surface area (Å²) in [6, 6.07) is 2.52. The van der Waals surface area contributed by atoms with Gasteiger partial charge in [0.1, 0.15) is 0 Å². The third-order valence-electron chi connectivity index (χ3n) is 2.34. The molecule has 1 atom stereocenters. The highest BCUT2D eigenvalue weighted by molar-refractivity contribution is 4.96. The maximum Gasteiger partial charge on any atom is 0.0980 e. The van der Waals surface area contributed by atoms with Crippen molar-refractivity contribution >= 4 is 0 Å². The monoisotopic (exact) mass is 164 g/mol. The Bertz CT molecular complexity index is 191. The molecule has 0 aromatic heterocycles. The first-order valence-corrected chi connectivity index (χ1v) is 4.63. The Labute approximate surface area is 74.5 Å². The van der Waals surface area contributed by atoms with Gasteiger partial charge in [-0.25, -0.2) is 0 Å². The van der Waals surface area contributed by atoms with Gasteiger partial charge in [0.15, 0.2) is 0 Å². The lowest BCUT2D eigenvalue weighted by atomic mass is 10.0. The fourth-order valence-corrected chi connectivity index (χ4v) is 1.60. The van der Waals surface area contributed by atoms with Crippen LogP contribution >= 0.6 is 0 Å². The van der Waals surface area contributed by atoms with E-state index in [4.69, 9.17) is 5.26 Å². The molecule has 1 aliphatic heterocycles. The molecule has 1 saturated heterocycles. The molecule has 2 heteroatoms. The highest BCUT2D eigenvalue weighted by Crippen LogP contribution is 2.15. The molecule has 1 unspecified atom stereocenters. The van der Waals surface area contributed by atoms with Gasteiger partial charge in [0, 0.05) is 6.54 Å². The standard InChI is InChI=1S/C10H16N2/c1-2-3-7-12-8-5-4-6-10(12)9-11/h2-3,10H,4-8H2,1H3/b3-2+. The van der Waals surface area contributed by atoms with Crippen LogP contribution in [-0.2, 0) is 0 Å². The number of hydrogen-bond acceptors (Lipinski definition) is 2. The number of rotatable bonds is 2. The maximum absolute atomic E-state index is 8.85. The van der Waals surface area contributed by atoms with E-state index in [9.17, 15) is 0 Å². The lowest BCUT2D eigenvalue weighted by molar-refractivity contribution is 0.204. The summed E-state index contributed by atoms with van der Waals surface area (Å²) >= 11 is 0. The Balaban J connectivity index is 2.42. The molecule has 0 bridgehead atoms. The van der Waals surface area contributed by atoms with Crippen molar-refractivity contribution in [3.05, 3.63) is 12.2 Å². The van der Waals surface area contributed by atoms with Crippen molar-refractivity contribution in [1.29, 1.82) is 5.26 Å². The van der Waals surface area contributed by atoms with Crippen LogP contribution in [0.5, 0.6) is 0 Å². The second kappa shape index (κ2) is 4.95. The summed E-state index contributed by atoms with van der Waals surface area (Å²) in [5.41, 5.74) is 0. The van der Waals surface area contributed by atoms with Gasteiger partial charge in [-0.15, -0.1) is 0 Å². The third-order valence-corrected chi connectivity index (χ3v) is 2.34. The SMILES string of the molecule is C/C=C/CN1CCCCC1C#N. The Morgan fingerprint density at radius 2 is 2.42 bits per heavy atom. The van der Waals surface area contributed by atoms with Crippen LogP contribution in [0.15, 0.2) is 12.2 Å². The molecule has 0 saturated carbocycles. The van der Waals surface area contributed by atoms with Gasteiger partial charge < -0.3 is 0 Å². The number of nitriles is 1. The summed E-state index contributed by atoms with van der Waals surface area (Å²) < 4.78 is 0. The highest BCUT2D eigenvalue weighted by Gasteiger charge is 2.19. The van der Waals surface area contributed by atoms with Gasteiger partial charge in [-0.1, -0.05) is 12.2 Å². The molecule has 2 nitrogen and oxygen atoms in total. The van der Waals surface area contributed by atoms with Crippen LogP contribution < -0.4 is 0 Å². The second-order valence-electron chi connectivity index (χ2n) is 3.20. The number of nitrogens with zero attached hydrogens (tertiary/aromatic N) is 2. The number of hydrogen-bond donors (Lipinski definition) is 0. The van der Waals surface area contributed by atoms with Crippen molar-refractivity contribution in [2.24, 2.45) is 0 Å². The minimum Gasteiger partial charge on any atom is -0.284 e. The number of piperidine rings is 1. The van der Waals surface area contributed by atoms with Gasteiger partial charge in [-0.05, 0) is 32.7 Å². The van der Waals surface area contributed by atoms with Gasteiger partial charge in [-0.3, -0.25) is 4.90 Å². The van der Waals surface area contributed by atoms with Crippen LogP contribution in [0.1, 0.15) is 26.2 Å². The Kier molecular flexibility index (Phi) is 3.83. The number of likely N-dealkylation sites (tertiary alicyclic amines) is 1. The lowest BCUT2D eigenvalue weighted by Gasteiger charge is -2.30. The molecule has 0 aromatic rings. The average molecular weight is 164 g/mol. The van der Waals surface area contributed by atoms with E-state index in [1.54, 1.807) is 0 Å². The summed E-state index contributed by atoms with van der Waals surface area (Å²) in [6.07, 6.45) is 7.67. The summed E-state index contributed by atoms with van der Waals surface area (Å²) in [7, 11) is 0. The van der Waals surface area contributed by atoms with Gasteiger partial charge in [0.2, 0.25) is 0 Å². The zero-order valence-corrected chi connectivity index (χ0v) is 7.66. The minimum absolute atomic E-state index is 0.162. The molecule has 66 valence electrons. The van der Waals surface area contributed by atoms with Crippen LogP contribution in [0, 0.1) is 11.3 Å². The normalized spacial score (nSPS) is 25.8. The summed E-state index contributed by atoms with van der Waals surface area (Å²) in [5.74, 6) is 0. The molecule has 0 spiro atoms. The first kappa shape index (κ1) is 9.28. The summed E-state index contributed by atoms with van der Waals surface area (Å²) in [4.78, 5) is 2.25. The Morgan fingerprint density at radius 1 is 1.58 bits per heavy atom. The summed E-state index contributed by atoms with van der Waals surface area (Å²) in [6.45, 7) is 4.04. The van der Waals surface area contributed by atoms with E-state index in [0.717, 1.165) is 19.5 Å². The van der Waals surface area contributed by atoms with E-state index < -0.39 is 0 Å². The zero-order valence-electron chi connectivity index (χ0n) is 7.66. The fourth-order valence-electron chi connectivity index (χ4n) is 1.60. The molecule has 0 amide bonds. The molecule has 1 rings (SSSR count). The molecular weight excluding hydrogens is 148 g/mol. The molecule has 0 radical (unpaired) electrons. The van der Waals surface area contributed by atoms with Crippen molar-refractivity contribution < 1.29 is 0 Å². The third kappa shape index (κ3) is 2.35. The maximum atomic E-state index is 8.85. The van der Waals surface area contributed by atoms with Crippen molar-refractivity contribution in [2.75, 3.05) is 13.1 Å². The number of allylic oxidation sites excluding steroid dienone is 1. The fraction of sp³-hybridized carbons (Fsp3) is 0.700. The van der Waals surface area contributed by atoms with E-state index in [0.29, 0.717) is 0 Å². The van der Waals surface area contributed by atoms with Gasteiger partial charge in [-0.2, -0.15) is 5.26 Å². The van der Waals surface area contributed by atoms with Crippen LogP contribution in [0.4, 0.5) is 0 Å². The highest BCUT2D eigenvalue weighted by atomic mass is 15.2. The molecule has 1 heterocycles. The van der Waals surface area contributed by atoms with Crippen molar-refractivity contribution in [1.82, 2.24) is 4.90 Å². The van der Waals surface area contributed by atoms with Gasteiger partial charge in [0.05, 0.1) is 12.1 Å². The predicted octanol–water partition coefficient (Wildman–Crippen LogP) is 1.94. The molecule has 12 heavy (non-hydrogen) atoms. The van der Waals surface area contributed by atoms with Crippen molar-refractivity contribution in [3.63, 3.8) is 0 Å². The molecular formula is C10H16N2. The van der Waals surface area contributed by atoms with Crippen LogP contribution in [-0.4, -0.2) is 24.0 Å². The Morgan fingerprint density at radius 3 is 3.08 bits per heavy atom. The van der Waals surface area contributed by atoms with Crippen LogP contribution in [0.2, 0.25) is 0 Å². The van der Waals surface area contributed by atoms with E-state index >= 15 is 0 Å². The minimum atomic E-state index is 0.162. The van der Waals surface area contributed by atoms with E-state index in [2.05, 4.69) is 17.0 Å². The smallest absolute Gasteiger partial charge is 0.0980 e. The van der Waals surface area contributed by atoms with Crippen LogP contribution in [0.25, 0.3) is 0 Å². The van der Waals surface area contributed by atoms with Crippen molar-refractivity contribution in [2.45, 2.75) is 32.2 Å². The quantitative estimate of drug-likeness (QED) is 0.583. The summed E-state index contributed by atoms with van der Waals surface area (Å²) in [5, 5.41) is 8.85. The molecule has 0 aromatic carbocycles. The Hall–Kier alpha value is -0.810. The van der Waals surface area contributed by atoms with Gasteiger partial charge in [0.25, 0.3) is 0 Å². The van der Waals surface area contributed by atoms with E-state index in [1.807, 2.05) is 13.0 Å². The van der Waals surface area contributed by atoms with Crippen LogP contribution in [0.3, 0.4) is 0 Å². The lowest BCUT2D eigenvalue weighted by Crippen LogP contribution is -2.38. The predicted molar refractivity (Wildman–Crippen MR) is 49.6 cm³/mol. The van der Waals surface area contributed by atoms with E-state index in [-0.39, 0.29) is 6.04 Å². The molecule has 1 fully saturated rings. The zero-order chi connectivity index (χ0) is 8.81. The van der Waals surface area contributed by atoms with Crippen molar-refractivity contribution in [3.8, 4) is 6.07 Å². The first-order chi connectivity index (χ1) is 5.88. The largest absolute Gasteiger partial charge is 0.284 e. The topological polar surface area (TPSA) is 27.0 Å². The molecule has 1 aliphatic rings. The first-order valence-electron chi connectivity index (χ1n) is 4.63. The second-order valence-corrected chi connectivity index (χ2v) is 3.20. The molecule has 0 aliphatic carbocycles. The van der Waals surface area contributed by atoms with Gasteiger partial charge >= 0.3 is 0 Å².